The van der Waals surface area contributed by atoms with Crippen LogP contribution in [0.3, 0.4) is 0 Å². The van der Waals surface area contributed by atoms with Gasteiger partial charge in [0.2, 0.25) is 0 Å². The molecule has 2 N–H and O–H groups in total. The zero-order chi connectivity index (χ0) is 12.3. The highest BCUT2D eigenvalue weighted by Gasteiger charge is 2.28. The maximum Gasteiger partial charge on any atom is 0.0443 e. The molecule has 0 saturated heterocycles. The standard InChI is InChI=1S/C14H24N2S/c1-10-8-9-17-14(10)13(16-3)11-4-6-12(15-2)7-5-11/h8-9,11-13,15-16H,4-7H2,1-3H3. The highest BCUT2D eigenvalue weighted by atomic mass is 32.1. The van der Waals surface area contributed by atoms with E-state index in [1.807, 2.05) is 11.3 Å². The van der Waals surface area contributed by atoms with Crippen LogP contribution >= 0.6 is 11.3 Å². The number of hydrogen-bond donors (Lipinski definition) is 2. The Hall–Kier alpha value is -0.380. The zero-order valence-electron chi connectivity index (χ0n) is 11.1. The van der Waals surface area contributed by atoms with E-state index >= 15 is 0 Å². The normalized spacial score (nSPS) is 27.0. The molecule has 0 spiro atoms. The van der Waals surface area contributed by atoms with Gasteiger partial charge in [0.25, 0.3) is 0 Å². The molecule has 0 aromatic carbocycles. The summed E-state index contributed by atoms with van der Waals surface area (Å²) in [6.07, 6.45) is 5.33. The van der Waals surface area contributed by atoms with Crippen LogP contribution in [-0.2, 0) is 0 Å². The van der Waals surface area contributed by atoms with Gasteiger partial charge in [0.1, 0.15) is 0 Å². The summed E-state index contributed by atoms with van der Waals surface area (Å²) in [6.45, 7) is 2.23. The summed E-state index contributed by atoms with van der Waals surface area (Å²) in [6, 6.07) is 3.55. The molecule has 17 heavy (non-hydrogen) atoms. The number of aryl methyl sites for hydroxylation is 1. The third kappa shape index (κ3) is 2.90. The fourth-order valence-electron chi connectivity index (χ4n) is 3.03. The third-order valence-corrected chi connectivity index (χ3v) is 5.25. The summed E-state index contributed by atoms with van der Waals surface area (Å²) >= 11 is 1.90. The molecule has 1 aromatic heterocycles. The van der Waals surface area contributed by atoms with Crippen molar-refractivity contribution in [3.05, 3.63) is 21.9 Å². The van der Waals surface area contributed by atoms with Gasteiger partial charge in [0, 0.05) is 17.0 Å². The monoisotopic (exact) mass is 252 g/mol. The Bertz CT molecular complexity index is 340. The predicted molar refractivity (Wildman–Crippen MR) is 75.7 cm³/mol. The van der Waals surface area contributed by atoms with Gasteiger partial charge in [-0.15, -0.1) is 11.3 Å². The van der Waals surface area contributed by atoms with Gasteiger partial charge >= 0.3 is 0 Å². The third-order valence-electron chi connectivity index (χ3n) is 4.15. The average molecular weight is 252 g/mol. The molecular weight excluding hydrogens is 228 g/mol. The highest BCUT2D eigenvalue weighted by molar-refractivity contribution is 7.10. The molecule has 1 heterocycles. The van der Waals surface area contributed by atoms with Gasteiger partial charge in [0.15, 0.2) is 0 Å². The molecule has 0 radical (unpaired) electrons. The summed E-state index contributed by atoms with van der Waals surface area (Å²) in [5.74, 6) is 0.807. The van der Waals surface area contributed by atoms with E-state index in [0.717, 1.165) is 12.0 Å². The summed E-state index contributed by atoms with van der Waals surface area (Å²) in [4.78, 5) is 1.54. The lowest BCUT2D eigenvalue weighted by Crippen LogP contribution is -2.34. The Morgan fingerprint density at radius 1 is 1.24 bits per heavy atom. The van der Waals surface area contributed by atoms with Gasteiger partial charge in [0.05, 0.1) is 0 Å². The smallest absolute Gasteiger partial charge is 0.0443 e. The Labute approximate surface area is 109 Å². The van der Waals surface area contributed by atoms with Gasteiger partial charge in [-0.25, -0.2) is 0 Å². The van der Waals surface area contributed by atoms with Crippen molar-refractivity contribution >= 4 is 11.3 Å². The quantitative estimate of drug-likeness (QED) is 0.860. The van der Waals surface area contributed by atoms with Crippen LogP contribution in [-0.4, -0.2) is 20.1 Å². The first-order valence-electron chi connectivity index (χ1n) is 6.64. The summed E-state index contributed by atoms with van der Waals surface area (Å²) in [7, 11) is 4.19. The lowest BCUT2D eigenvalue weighted by Gasteiger charge is -2.33. The molecular formula is C14H24N2S. The Morgan fingerprint density at radius 2 is 1.94 bits per heavy atom. The molecule has 1 unspecified atom stereocenters. The van der Waals surface area contributed by atoms with Crippen LogP contribution in [0.1, 0.15) is 42.2 Å². The van der Waals surface area contributed by atoms with Crippen molar-refractivity contribution in [3.8, 4) is 0 Å². The van der Waals surface area contributed by atoms with Crippen LogP contribution < -0.4 is 10.6 Å². The molecule has 0 amide bonds. The predicted octanol–water partition coefficient (Wildman–Crippen LogP) is 3.10. The second-order valence-corrected chi connectivity index (χ2v) is 6.08. The number of hydrogen-bond acceptors (Lipinski definition) is 3. The van der Waals surface area contributed by atoms with Crippen LogP contribution in [0, 0.1) is 12.8 Å². The molecule has 3 heteroatoms. The summed E-state index contributed by atoms with van der Waals surface area (Å²) in [5, 5.41) is 9.16. The maximum atomic E-state index is 3.54. The second-order valence-electron chi connectivity index (χ2n) is 5.13. The minimum atomic E-state index is 0.563. The van der Waals surface area contributed by atoms with E-state index in [1.54, 1.807) is 4.88 Å². The molecule has 1 aromatic rings. The zero-order valence-corrected chi connectivity index (χ0v) is 11.9. The SMILES string of the molecule is CNC1CCC(C(NC)c2sccc2C)CC1. The Morgan fingerprint density at radius 3 is 2.41 bits per heavy atom. The number of rotatable bonds is 4. The molecule has 2 nitrogen and oxygen atoms in total. The van der Waals surface area contributed by atoms with Crippen molar-refractivity contribution in [2.75, 3.05) is 14.1 Å². The summed E-state index contributed by atoms with van der Waals surface area (Å²) in [5.41, 5.74) is 1.45. The van der Waals surface area contributed by atoms with Crippen LogP contribution in [0.2, 0.25) is 0 Å². The van der Waals surface area contributed by atoms with E-state index in [-0.39, 0.29) is 0 Å². The van der Waals surface area contributed by atoms with Gasteiger partial charge in [-0.2, -0.15) is 0 Å². The van der Waals surface area contributed by atoms with Crippen molar-refractivity contribution in [2.24, 2.45) is 5.92 Å². The van der Waals surface area contributed by atoms with Gasteiger partial charge in [-0.05, 0) is 69.6 Å². The average Bonchev–Trinajstić information content (AvgIpc) is 2.78. The molecule has 1 aliphatic rings. The van der Waals surface area contributed by atoms with E-state index in [2.05, 4.69) is 43.1 Å². The van der Waals surface area contributed by atoms with E-state index in [1.165, 1.54) is 31.2 Å². The van der Waals surface area contributed by atoms with Crippen LogP contribution in [0.25, 0.3) is 0 Å². The first-order valence-corrected chi connectivity index (χ1v) is 7.52. The number of nitrogens with one attached hydrogen (secondary N) is 2. The van der Waals surface area contributed by atoms with Crippen molar-refractivity contribution in [1.82, 2.24) is 10.6 Å². The fraction of sp³-hybridized carbons (Fsp3) is 0.714. The molecule has 0 aliphatic heterocycles. The Balaban J connectivity index is 2.03. The van der Waals surface area contributed by atoms with Gasteiger partial charge in [-0.1, -0.05) is 0 Å². The second kappa shape index (κ2) is 5.98. The lowest BCUT2D eigenvalue weighted by molar-refractivity contribution is 0.249. The Kier molecular flexibility index (Phi) is 4.60. The van der Waals surface area contributed by atoms with Gasteiger partial charge in [-0.3, -0.25) is 0 Å². The molecule has 0 bridgehead atoms. The van der Waals surface area contributed by atoms with Crippen molar-refractivity contribution in [2.45, 2.75) is 44.7 Å². The maximum absolute atomic E-state index is 3.54. The minimum absolute atomic E-state index is 0.563. The summed E-state index contributed by atoms with van der Waals surface area (Å²) < 4.78 is 0. The fourth-order valence-corrected chi connectivity index (χ4v) is 4.15. The van der Waals surface area contributed by atoms with Crippen molar-refractivity contribution in [1.29, 1.82) is 0 Å². The topological polar surface area (TPSA) is 24.1 Å². The van der Waals surface area contributed by atoms with E-state index in [0.29, 0.717) is 6.04 Å². The largest absolute Gasteiger partial charge is 0.317 e. The molecule has 96 valence electrons. The first kappa shape index (κ1) is 13.1. The van der Waals surface area contributed by atoms with Crippen LogP contribution in [0.15, 0.2) is 11.4 Å². The minimum Gasteiger partial charge on any atom is -0.317 e. The van der Waals surface area contributed by atoms with E-state index in [9.17, 15) is 0 Å². The van der Waals surface area contributed by atoms with Crippen LogP contribution in [0.5, 0.6) is 0 Å². The van der Waals surface area contributed by atoms with Crippen molar-refractivity contribution in [3.63, 3.8) is 0 Å². The number of thiophene rings is 1. The van der Waals surface area contributed by atoms with E-state index in [4.69, 9.17) is 0 Å². The molecule has 2 rings (SSSR count). The first-order chi connectivity index (χ1) is 8.26. The van der Waals surface area contributed by atoms with Gasteiger partial charge < -0.3 is 10.6 Å². The molecule has 1 aliphatic carbocycles. The molecule has 1 fully saturated rings. The molecule has 1 saturated carbocycles. The molecule has 1 atom stereocenters. The van der Waals surface area contributed by atoms with Crippen LogP contribution in [0.4, 0.5) is 0 Å². The lowest BCUT2D eigenvalue weighted by atomic mass is 9.80. The van der Waals surface area contributed by atoms with E-state index < -0.39 is 0 Å². The van der Waals surface area contributed by atoms with Crippen molar-refractivity contribution < 1.29 is 0 Å². The highest BCUT2D eigenvalue weighted by Crippen LogP contribution is 2.37.